The number of phenols is 1. The zero-order valence-electron chi connectivity index (χ0n) is 20.7. The van der Waals surface area contributed by atoms with E-state index in [-0.39, 0.29) is 23.6 Å². The third-order valence-corrected chi connectivity index (χ3v) is 7.40. The molecule has 0 saturated carbocycles. The van der Waals surface area contributed by atoms with Gasteiger partial charge in [-0.1, -0.05) is 18.2 Å². The number of rotatable bonds is 1. The van der Waals surface area contributed by atoms with Crippen LogP contribution in [0.25, 0.3) is 0 Å². The summed E-state index contributed by atoms with van der Waals surface area (Å²) >= 11 is 0. The van der Waals surface area contributed by atoms with E-state index >= 15 is 0 Å². The van der Waals surface area contributed by atoms with Crippen molar-refractivity contribution < 1.29 is 19.4 Å². The second kappa shape index (κ2) is 11.3. The van der Waals surface area contributed by atoms with Crippen molar-refractivity contribution in [3.05, 3.63) is 59.2 Å². The van der Waals surface area contributed by atoms with Crippen LogP contribution in [0.2, 0.25) is 0 Å². The Labute approximate surface area is 212 Å². The Morgan fingerprint density at radius 3 is 2.42 bits per heavy atom. The standard InChI is InChI=1S/C28H36N4O4/c33-21-8-5-19(6-9-21)27-26-22-17-20(7-10-24(22)36-27)23-18-25(34)31-14-4-16-32(28(26)35)15-3-12-29-11-1-2-13-30-23/h5-10,17,23,26-27,29-30,33H,1-4,11-16,18H2,(H,31,34)/t23-,26-,27+/m0/s1. The summed E-state index contributed by atoms with van der Waals surface area (Å²) in [5.41, 5.74) is 2.72. The van der Waals surface area contributed by atoms with Crippen molar-refractivity contribution in [1.82, 2.24) is 20.9 Å². The van der Waals surface area contributed by atoms with E-state index in [2.05, 4.69) is 22.0 Å². The predicted molar refractivity (Wildman–Crippen MR) is 137 cm³/mol. The molecule has 192 valence electrons. The van der Waals surface area contributed by atoms with E-state index in [0.29, 0.717) is 38.2 Å². The lowest BCUT2D eigenvalue weighted by molar-refractivity contribution is -0.134. The maximum Gasteiger partial charge on any atom is 0.234 e. The molecule has 3 atom stereocenters. The summed E-state index contributed by atoms with van der Waals surface area (Å²) in [5.74, 6) is 0.461. The fourth-order valence-electron chi connectivity index (χ4n) is 5.45. The van der Waals surface area contributed by atoms with Crippen LogP contribution in [0.4, 0.5) is 0 Å². The van der Waals surface area contributed by atoms with Gasteiger partial charge in [-0.25, -0.2) is 0 Å². The lowest BCUT2D eigenvalue weighted by Gasteiger charge is -2.28. The highest BCUT2D eigenvalue weighted by Crippen LogP contribution is 2.48. The van der Waals surface area contributed by atoms with Gasteiger partial charge in [0.05, 0.1) is 0 Å². The maximum absolute atomic E-state index is 14.2. The van der Waals surface area contributed by atoms with Crippen LogP contribution < -0.4 is 20.7 Å². The van der Waals surface area contributed by atoms with Gasteiger partial charge in [0.1, 0.15) is 23.5 Å². The average Bonchev–Trinajstić information content (AvgIpc) is 3.26. The van der Waals surface area contributed by atoms with E-state index < -0.39 is 12.0 Å². The van der Waals surface area contributed by atoms with Crippen molar-refractivity contribution in [1.29, 1.82) is 0 Å². The normalized spacial score (nSPS) is 25.8. The molecule has 0 aliphatic carbocycles. The number of aromatic hydroxyl groups is 1. The molecule has 4 N–H and O–H groups in total. The Kier molecular flexibility index (Phi) is 7.72. The van der Waals surface area contributed by atoms with Gasteiger partial charge in [-0.15, -0.1) is 0 Å². The first-order valence-corrected chi connectivity index (χ1v) is 13.2. The Morgan fingerprint density at radius 1 is 0.861 bits per heavy atom. The van der Waals surface area contributed by atoms with Gasteiger partial charge in [-0.2, -0.15) is 0 Å². The van der Waals surface area contributed by atoms with Gasteiger partial charge in [0.2, 0.25) is 11.8 Å². The molecule has 8 heteroatoms. The van der Waals surface area contributed by atoms with Gasteiger partial charge in [0.25, 0.3) is 0 Å². The molecule has 0 fully saturated rings. The number of fused-ring (bicyclic) bond motifs is 1. The summed E-state index contributed by atoms with van der Waals surface area (Å²) in [6, 6.07) is 12.8. The summed E-state index contributed by atoms with van der Waals surface area (Å²) in [6.07, 6.45) is 3.52. The first-order valence-electron chi connectivity index (χ1n) is 13.2. The van der Waals surface area contributed by atoms with Gasteiger partial charge in [0, 0.05) is 37.7 Å². The van der Waals surface area contributed by atoms with Gasteiger partial charge in [-0.3, -0.25) is 9.59 Å². The zero-order valence-corrected chi connectivity index (χ0v) is 20.7. The monoisotopic (exact) mass is 492 g/mol. The molecule has 3 heterocycles. The molecule has 0 radical (unpaired) electrons. The molecule has 0 spiro atoms. The molecule has 2 amide bonds. The van der Waals surface area contributed by atoms with E-state index in [1.807, 2.05) is 29.2 Å². The Hall–Kier alpha value is -3.10. The summed E-state index contributed by atoms with van der Waals surface area (Å²) in [5, 5.41) is 20.0. The number of benzene rings is 2. The van der Waals surface area contributed by atoms with Gasteiger partial charge in [-0.05, 0) is 80.7 Å². The average molecular weight is 493 g/mol. The third kappa shape index (κ3) is 5.50. The van der Waals surface area contributed by atoms with Crippen molar-refractivity contribution in [3.63, 3.8) is 0 Å². The van der Waals surface area contributed by atoms with Gasteiger partial charge < -0.3 is 30.7 Å². The summed E-state index contributed by atoms with van der Waals surface area (Å²) in [6.45, 7) is 4.39. The van der Waals surface area contributed by atoms with Crippen LogP contribution in [0.3, 0.4) is 0 Å². The highest BCUT2D eigenvalue weighted by atomic mass is 16.5. The second-order valence-electron chi connectivity index (χ2n) is 9.96. The highest BCUT2D eigenvalue weighted by molar-refractivity contribution is 5.87. The third-order valence-electron chi connectivity index (χ3n) is 7.40. The van der Waals surface area contributed by atoms with Crippen LogP contribution in [-0.2, 0) is 9.59 Å². The van der Waals surface area contributed by atoms with E-state index in [4.69, 9.17) is 4.74 Å². The highest BCUT2D eigenvalue weighted by Gasteiger charge is 2.43. The largest absolute Gasteiger partial charge is 0.508 e. The maximum atomic E-state index is 14.2. The Bertz CT molecular complexity index is 1070. The fourth-order valence-corrected chi connectivity index (χ4v) is 5.45. The second-order valence-corrected chi connectivity index (χ2v) is 9.96. The number of hydrogen-bond donors (Lipinski definition) is 4. The molecule has 0 saturated heterocycles. The number of carbonyl (C=O) groups excluding carboxylic acids is 2. The lowest BCUT2D eigenvalue weighted by Crippen LogP contribution is -2.40. The number of ether oxygens (including phenoxy) is 1. The van der Waals surface area contributed by atoms with Crippen LogP contribution in [0.5, 0.6) is 11.5 Å². The van der Waals surface area contributed by atoms with Gasteiger partial charge >= 0.3 is 0 Å². The van der Waals surface area contributed by atoms with Crippen molar-refractivity contribution in [2.24, 2.45) is 0 Å². The van der Waals surface area contributed by atoms with E-state index in [1.54, 1.807) is 12.1 Å². The van der Waals surface area contributed by atoms with E-state index in [1.165, 1.54) is 0 Å². The molecule has 0 unspecified atom stereocenters. The first kappa shape index (κ1) is 24.6. The summed E-state index contributed by atoms with van der Waals surface area (Å²) in [7, 11) is 0. The quantitative estimate of drug-likeness (QED) is 0.488. The Morgan fingerprint density at radius 2 is 1.58 bits per heavy atom. The Balaban J connectivity index is 1.58. The minimum atomic E-state index is -0.490. The SMILES string of the molecule is O=C1C[C@@H]2NCCCCNCCCN(CCCN1)C(=O)[C@H]1c3cc2ccc3O[C@@H]1c1ccc(O)cc1. The van der Waals surface area contributed by atoms with Crippen LogP contribution in [0, 0.1) is 0 Å². The summed E-state index contributed by atoms with van der Waals surface area (Å²) in [4.78, 5) is 28.9. The van der Waals surface area contributed by atoms with Crippen molar-refractivity contribution in [3.8, 4) is 11.5 Å². The number of carbonyl (C=O) groups is 2. The molecule has 3 aliphatic heterocycles. The fraction of sp³-hybridized carbons (Fsp3) is 0.500. The smallest absolute Gasteiger partial charge is 0.234 e. The number of nitrogens with zero attached hydrogens (tertiary/aromatic N) is 1. The molecule has 5 rings (SSSR count). The van der Waals surface area contributed by atoms with Crippen LogP contribution in [0.1, 0.15) is 66.9 Å². The molecule has 2 aromatic rings. The number of nitrogens with one attached hydrogen (secondary N) is 3. The van der Waals surface area contributed by atoms with Gasteiger partial charge in [0.15, 0.2) is 0 Å². The summed E-state index contributed by atoms with van der Waals surface area (Å²) < 4.78 is 6.40. The topological polar surface area (TPSA) is 103 Å². The number of hydrogen-bond acceptors (Lipinski definition) is 6. The molecule has 3 aliphatic rings. The molecule has 4 bridgehead atoms. The zero-order chi connectivity index (χ0) is 24.9. The first-order chi connectivity index (χ1) is 17.6. The number of amides is 2. The lowest BCUT2D eigenvalue weighted by atomic mass is 9.87. The predicted octanol–water partition coefficient (Wildman–Crippen LogP) is 2.75. The molecule has 36 heavy (non-hydrogen) atoms. The molecule has 0 aromatic heterocycles. The molecular formula is C28H36N4O4. The van der Waals surface area contributed by atoms with E-state index in [0.717, 1.165) is 55.6 Å². The minimum Gasteiger partial charge on any atom is -0.508 e. The molecule has 2 aromatic carbocycles. The van der Waals surface area contributed by atoms with Crippen LogP contribution >= 0.6 is 0 Å². The van der Waals surface area contributed by atoms with Crippen molar-refractivity contribution in [2.45, 2.75) is 50.2 Å². The minimum absolute atomic E-state index is 0.0193. The van der Waals surface area contributed by atoms with Crippen molar-refractivity contribution in [2.75, 3.05) is 39.3 Å². The molecule has 8 nitrogen and oxygen atoms in total. The van der Waals surface area contributed by atoms with Crippen LogP contribution in [0.15, 0.2) is 42.5 Å². The van der Waals surface area contributed by atoms with Crippen molar-refractivity contribution >= 4 is 11.8 Å². The van der Waals surface area contributed by atoms with Crippen LogP contribution in [-0.4, -0.2) is 61.1 Å². The molecular weight excluding hydrogens is 456 g/mol. The number of phenolic OH excluding ortho intramolecular Hbond substituents is 1. The van der Waals surface area contributed by atoms with E-state index in [9.17, 15) is 14.7 Å².